The largest absolute Gasteiger partial charge is 0.508 e. The van der Waals surface area contributed by atoms with Gasteiger partial charge in [0.2, 0.25) is 47.3 Å². The predicted molar refractivity (Wildman–Crippen MR) is 253 cm³/mol. The third-order valence-electron chi connectivity index (χ3n) is 9.74. The minimum atomic E-state index is -1.20. The number of amides is 8. The summed E-state index contributed by atoms with van der Waals surface area (Å²) in [5.74, 6) is -4.65. The number of aromatic hydroxyl groups is 1. The van der Waals surface area contributed by atoms with Crippen LogP contribution >= 0.6 is 33.2 Å². The predicted octanol–water partition coefficient (Wildman–Crippen LogP) is 0.386. The van der Waals surface area contributed by atoms with E-state index >= 15 is 0 Å². The van der Waals surface area contributed by atoms with Crippen LogP contribution in [0.4, 0.5) is 0 Å². The lowest BCUT2D eigenvalue weighted by Gasteiger charge is -2.23. The molecule has 4 atom stereocenters. The molecule has 358 valence electrons. The molecule has 3 rings (SSSR count). The van der Waals surface area contributed by atoms with Crippen molar-refractivity contribution in [2.45, 2.75) is 69.1 Å². The summed E-state index contributed by atoms with van der Waals surface area (Å²) in [6.45, 7) is -1.37. The van der Waals surface area contributed by atoms with Crippen LogP contribution in [0.2, 0.25) is 5.02 Å². The molecule has 0 aliphatic heterocycles. The van der Waals surface area contributed by atoms with Crippen LogP contribution in [0.1, 0.15) is 42.4 Å². The standard InChI is InChI=1S/C44H58ClN9O10S2/c1-64-32-17-10-29(11-18-32)22-35(54-44(63)36(26-66-65-2)53-37(56)19-12-27-6-13-30(45)14-7-27)43(62)50-25-40(59)51-33(5-3-4-20-46)42(61)49-23-38(57)48-24-39(58)52-34(41(47)60)21-28-8-15-31(55)16-9-28/h6-11,13-18,33-36,55H,3-5,12,19-26,46H2,1-2H3,(H2,47,60)(H,48,57)(H,49,61)(H,50,62)(H,51,59)(H,52,58)(H,53,56)(H,54,63). The molecule has 0 heterocycles. The zero-order valence-electron chi connectivity index (χ0n) is 36.7. The van der Waals surface area contributed by atoms with Crippen molar-refractivity contribution in [1.82, 2.24) is 37.2 Å². The van der Waals surface area contributed by atoms with E-state index in [1.807, 2.05) is 18.4 Å². The van der Waals surface area contributed by atoms with Crippen LogP contribution < -0.4 is 53.4 Å². The van der Waals surface area contributed by atoms with Crippen LogP contribution in [-0.4, -0.2) is 122 Å². The number of primary amides is 1. The number of nitrogens with one attached hydrogen (secondary N) is 7. The Morgan fingerprint density at radius 3 is 1.76 bits per heavy atom. The summed E-state index contributed by atoms with van der Waals surface area (Å²) in [5.41, 5.74) is 13.2. The van der Waals surface area contributed by atoms with Crippen LogP contribution in [0.25, 0.3) is 0 Å². The third-order valence-corrected chi connectivity index (χ3v) is 11.8. The summed E-state index contributed by atoms with van der Waals surface area (Å²) in [4.78, 5) is 104. The van der Waals surface area contributed by atoms with E-state index in [0.717, 1.165) is 5.56 Å². The Balaban J connectivity index is 1.60. The number of phenols is 1. The molecule has 22 heteroatoms. The number of halogens is 1. The Morgan fingerprint density at radius 2 is 1.17 bits per heavy atom. The van der Waals surface area contributed by atoms with Gasteiger partial charge in [-0.3, -0.25) is 38.4 Å². The van der Waals surface area contributed by atoms with Gasteiger partial charge in [0.05, 0.1) is 26.7 Å². The second-order valence-corrected chi connectivity index (χ2v) is 17.9. The highest BCUT2D eigenvalue weighted by molar-refractivity contribution is 8.76. The van der Waals surface area contributed by atoms with Gasteiger partial charge in [0, 0.05) is 30.0 Å². The average molecular weight is 973 g/mol. The molecule has 8 amide bonds. The molecule has 4 unspecified atom stereocenters. The zero-order valence-corrected chi connectivity index (χ0v) is 39.1. The van der Waals surface area contributed by atoms with E-state index in [2.05, 4.69) is 37.2 Å². The Morgan fingerprint density at radius 1 is 0.636 bits per heavy atom. The number of hydrogen-bond donors (Lipinski definition) is 10. The number of methoxy groups -OCH3 is 1. The van der Waals surface area contributed by atoms with Gasteiger partial charge in [-0.2, -0.15) is 0 Å². The number of nitrogens with two attached hydrogens (primary N) is 2. The molecule has 0 saturated heterocycles. The number of ether oxygens (including phenoxy) is 1. The molecule has 3 aromatic carbocycles. The van der Waals surface area contributed by atoms with E-state index in [4.69, 9.17) is 27.8 Å². The van der Waals surface area contributed by atoms with Crippen molar-refractivity contribution in [2.75, 3.05) is 45.3 Å². The second-order valence-electron chi connectivity index (χ2n) is 14.8. The molecule has 0 aromatic heterocycles. The molecular formula is C44H58ClN9O10S2. The fourth-order valence-corrected chi connectivity index (χ4v) is 7.59. The summed E-state index contributed by atoms with van der Waals surface area (Å²) in [5, 5.41) is 27.9. The fraction of sp³-hybridized carbons (Fsp3) is 0.409. The Labute approximate surface area is 396 Å². The average Bonchev–Trinajstić information content (AvgIpc) is 3.30. The van der Waals surface area contributed by atoms with Gasteiger partial charge in [-0.15, -0.1) is 0 Å². The first-order chi connectivity index (χ1) is 31.6. The van der Waals surface area contributed by atoms with Gasteiger partial charge in [-0.1, -0.05) is 69.6 Å². The Bertz CT molecular complexity index is 2080. The molecule has 0 fully saturated rings. The smallest absolute Gasteiger partial charge is 0.244 e. The molecule has 0 spiro atoms. The van der Waals surface area contributed by atoms with Gasteiger partial charge in [-0.05, 0) is 91.6 Å². The van der Waals surface area contributed by atoms with Gasteiger partial charge in [0.15, 0.2) is 0 Å². The normalized spacial score (nSPS) is 12.5. The van der Waals surface area contributed by atoms with Crippen molar-refractivity contribution >= 4 is 80.4 Å². The molecule has 0 aliphatic carbocycles. The Hall–Kier alpha value is -6.03. The van der Waals surface area contributed by atoms with Crippen LogP contribution in [0.3, 0.4) is 0 Å². The number of rotatable bonds is 29. The van der Waals surface area contributed by atoms with Crippen LogP contribution in [-0.2, 0) is 57.6 Å². The molecule has 3 aromatic rings. The highest BCUT2D eigenvalue weighted by atomic mass is 35.5. The van der Waals surface area contributed by atoms with E-state index in [0.29, 0.717) is 47.7 Å². The van der Waals surface area contributed by atoms with Gasteiger partial charge in [-0.25, -0.2) is 0 Å². The van der Waals surface area contributed by atoms with Crippen molar-refractivity contribution < 1.29 is 48.2 Å². The minimum absolute atomic E-state index is 0.00939. The third kappa shape index (κ3) is 20.9. The summed E-state index contributed by atoms with van der Waals surface area (Å²) >= 11 is 5.98. The lowest BCUT2D eigenvalue weighted by molar-refractivity contribution is -0.133. The monoisotopic (exact) mass is 971 g/mol. The number of hydrogen-bond acceptors (Lipinski definition) is 13. The van der Waals surface area contributed by atoms with Crippen molar-refractivity contribution in [3.05, 3.63) is 94.5 Å². The summed E-state index contributed by atoms with van der Waals surface area (Å²) in [6, 6.07) is 15.4. The SMILES string of the molecule is COc1ccc(CC(NC(=O)C(CSSC)NC(=O)CCc2ccc(Cl)cc2)C(=O)NCC(=O)NC(CCCCN)C(=O)NCC(=O)NCC(=O)NC(Cc2ccc(O)cc2)C(N)=O)cc1. The number of unbranched alkanes of at least 4 members (excludes halogenated alkanes) is 1. The van der Waals surface area contributed by atoms with Crippen LogP contribution in [0, 0.1) is 0 Å². The maximum Gasteiger partial charge on any atom is 0.244 e. The highest BCUT2D eigenvalue weighted by Gasteiger charge is 2.29. The topological polar surface area (TPSA) is 302 Å². The highest BCUT2D eigenvalue weighted by Crippen LogP contribution is 2.19. The minimum Gasteiger partial charge on any atom is -0.508 e. The van der Waals surface area contributed by atoms with Crippen LogP contribution in [0.15, 0.2) is 72.8 Å². The quantitative estimate of drug-likeness (QED) is 0.0333. The van der Waals surface area contributed by atoms with Crippen molar-refractivity contribution in [3.63, 3.8) is 0 Å². The number of phenolic OH excluding ortho intramolecular Hbond substituents is 1. The lowest BCUT2D eigenvalue weighted by Crippen LogP contribution is -2.56. The fourth-order valence-electron chi connectivity index (χ4n) is 6.14. The maximum atomic E-state index is 13.7. The first-order valence-electron chi connectivity index (χ1n) is 20.9. The molecular weight excluding hydrogens is 914 g/mol. The van der Waals surface area contributed by atoms with Crippen molar-refractivity contribution in [2.24, 2.45) is 11.5 Å². The van der Waals surface area contributed by atoms with E-state index < -0.39 is 85.2 Å². The Kier molecular flexibility index (Phi) is 24.3. The summed E-state index contributed by atoms with van der Waals surface area (Å²) < 4.78 is 5.24. The van der Waals surface area contributed by atoms with E-state index in [-0.39, 0.29) is 43.1 Å². The number of benzene rings is 3. The first-order valence-corrected chi connectivity index (χ1v) is 24.0. The molecule has 19 nitrogen and oxygen atoms in total. The number of aryl methyl sites for hydroxylation is 1. The molecule has 66 heavy (non-hydrogen) atoms. The van der Waals surface area contributed by atoms with Gasteiger partial charge < -0.3 is 58.5 Å². The zero-order chi connectivity index (χ0) is 48.4. The first kappa shape index (κ1) is 54.3. The van der Waals surface area contributed by atoms with Crippen LogP contribution in [0.5, 0.6) is 11.5 Å². The summed E-state index contributed by atoms with van der Waals surface area (Å²) in [7, 11) is 4.26. The molecule has 0 radical (unpaired) electrons. The van der Waals surface area contributed by atoms with Gasteiger partial charge in [0.25, 0.3) is 0 Å². The van der Waals surface area contributed by atoms with E-state index in [1.54, 1.807) is 48.5 Å². The van der Waals surface area contributed by atoms with Gasteiger partial charge >= 0.3 is 0 Å². The van der Waals surface area contributed by atoms with E-state index in [1.165, 1.54) is 40.8 Å². The summed E-state index contributed by atoms with van der Waals surface area (Å²) in [6.07, 6.45) is 3.48. The molecule has 12 N–H and O–H groups in total. The number of carbonyl (C=O) groups is 8. The lowest BCUT2D eigenvalue weighted by atomic mass is 10.0. The maximum absolute atomic E-state index is 13.7. The van der Waals surface area contributed by atoms with Crippen molar-refractivity contribution in [3.8, 4) is 11.5 Å². The van der Waals surface area contributed by atoms with Gasteiger partial charge in [0.1, 0.15) is 35.7 Å². The molecule has 0 bridgehead atoms. The molecule has 0 aliphatic rings. The van der Waals surface area contributed by atoms with E-state index in [9.17, 15) is 43.5 Å². The second kappa shape index (κ2) is 29.5. The number of carbonyl (C=O) groups excluding carboxylic acids is 8. The van der Waals surface area contributed by atoms with Crippen molar-refractivity contribution in [1.29, 1.82) is 0 Å². The molecule has 0 saturated carbocycles.